The summed E-state index contributed by atoms with van der Waals surface area (Å²) in [5.74, 6) is 1.70. The Bertz CT molecular complexity index is 2060. The number of nitrogens with two attached hydrogens (primary N) is 1. The molecule has 2 fully saturated rings. The van der Waals surface area contributed by atoms with Crippen molar-refractivity contribution in [3.8, 4) is 17.6 Å². The topological polar surface area (TPSA) is 181 Å². The van der Waals surface area contributed by atoms with E-state index in [0.29, 0.717) is 33.7 Å². The molecule has 1 spiro atoms. The van der Waals surface area contributed by atoms with Gasteiger partial charge < -0.3 is 36.1 Å². The molecule has 3 aliphatic heterocycles. The number of amides is 3. The van der Waals surface area contributed by atoms with Crippen molar-refractivity contribution < 1.29 is 38.9 Å². The number of aliphatic hydroxyl groups excluding tert-OH is 1. The van der Waals surface area contributed by atoms with Crippen molar-refractivity contribution in [2.45, 2.75) is 29.6 Å². The molecule has 2 saturated heterocycles. The Hall–Kier alpha value is -6.16. The van der Waals surface area contributed by atoms with Gasteiger partial charge in [-0.2, -0.15) is 0 Å². The molecule has 4 aromatic carbocycles. The minimum absolute atomic E-state index is 0.0357. The average molecular weight is 687 g/mol. The summed E-state index contributed by atoms with van der Waals surface area (Å²) in [6.45, 7) is -0.396. The van der Waals surface area contributed by atoms with Gasteiger partial charge in [-0.05, 0) is 41.0 Å². The second-order valence-electron chi connectivity index (χ2n) is 12.4. The lowest BCUT2D eigenvalue weighted by Gasteiger charge is -2.46. The van der Waals surface area contributed by atoms with E-state index in [-0.39, 0.29) is 19.8 Å². The standard InChI is InChI=1S/C39H34N4O8/c40-38(49)41-19-9-10-23-17-18-28-27(22-23)39(37(48)42-28)30(35(45)46)32-36(47)51-33(25-13-5-2-6-14-25)31(24-11-3-1-4-12-24)43(32)34(39)26-15-7-8-16-29(26)50-21-20-44/h1-8,11-18,22,30-34,44H,19-21H2,(H,42,48)(H,45,46)(H3,40,41,49)/t30-,31-,32-,33+,34+,39-/m1/s1. The molecule has 0 saturated carbocycles. The predicted molar refractivity (Wildman–Crippen MR) is 184 cm³/mol. The molecule has 3 amide bonds. The number of hydrogen-bond acceptors (Lipinski definition) is 8. The van der Waals surface area contributed by atoms with Crippen LogP contribution >= 0.6 is 0 Å². The highest BCUT2D eigenvalue weighted by Gasteiger charge is 2.74. The van der Waals surface area contributed by atoms with Crippen LogP contribution in [0.5, 0.6) is 5.75 Å². The van der Waals surface area contributed by atoms with E-state index in [4.69, 9.17) is 15.2 Å². The molecule has 7 rings (SSSR count). The molecule has 12 heteroatoms. The number of urea groups is 1. The van der Waals surface area contributed by atoms with Crippen LogP contribution in [0.4, 0.5) is 10.5 Å². The molecule has 0 radical (unpaired) electrons. The van der Waals surface area contributed by atoms with Crippen LogP contribution in [0.1, 0.15) is 46.0 Å². The Morgan fingerprint density at radius 2 is 1.63 bits per heavy atom. The Morgan fingerprint density at radius 3 is 2.31 bits per heavy atom. The van der Waals surface area contributed by atoms with Crippen molar-refractivity contribution in [2.75, 3.05) is 25.1 Å². The van der Waals surface area contributed by atoms with Crippen LogP contribution in [-0.2, 0) is 24.5 Å². The number of fused-ring (bicyclic) bond motifs is 3. The van der Waals surface area contributed by atoms with E-state index >= 15 is 0 Å². The number of carboxylic acids is 1. The maximum absolute atomic E-state index is 14.8. The van der Waals surface area contributed by atoms with Crippen molar-refractivity contribution in [1.82, 2.24) is 10.2 Å². The number of rotatable bonds is 8. The Kier molecular flexibility index (Phi) is 8.91. The van der Waals surface area contributed by atoms with Gasteiger partial charge in [-0.1, -0.05) is 90.7 Å². The number of aliphatic hydroxyl groups is 1. The molecule has 258 valence electrons. The lowest BCUT2D eigenvalue weighted by Crippen LogP contribution is -2.52. The number of morpholine rings is 1. The fourth-order valence-corrected chi connectivity index (χ4v) is 7.89. The smallest absolute Gasteiger partial charge is 0.325 e. The third-order valence-electron chi connectivity index (χ3n) is 9.72. The first-order valence-electron chi connectivity index (χ1n) is 16.4. The van der Waals surface area contributed by atoms with Crippen molar-refractivity contribution in [3.63, 3.8) is 0 Å². The van der Waals surface area contributed by atoms with E-state index in [1.807, 2.05) is 65.6 Å². The summed E-state index contributed by atoms with van der Waals surface area (Å²) in [5.41, 5.74) is 6.29. The van der Waals surface area contributed by atoms with Crippen LogP contribution in [0, 0.1) is 17.8 Å². The van der Waals surface area contributed by atoms with Gasteiger partial charge >= 0.3 is 18.0 Å². The third-order valence-corrected chi connectivity index (χ3v) is 9.72. The summed E-state index contributed by atoms with van der Waals surface area (Å²) in [5, 5.41) is 26.2. The first-order chi connectivity index (χ1) is 24.8. The van der Waals surface area contributed by atoms with Crippen molar-refractivity contribution in [3.05, 3.63) is 131 Å². The highest BCUT2D eigenvalue weighted by atomic mass is 16.6. The van der Waals surface area contributed by atoms with Crippen molar-refractivity contribution >= 4 is 29.6 Å². The zero-order valence-corrected chi connectivity index (χ0v) is 27.2. The van der Waals surface area contributed by atoms with Crippen LogP contribution in [-0.4, -0.2) is 64.8 Å². The lowest BCUT2D eigenvalue weighted by atomic mass is 9.65. The second kappa shape index (κ2) is 13.6. The SMILES string of the molecule is NC(=O)NCC#Cc1ccc2c(c1)[C@]1(C(=O)N2)[C@H](c2ccccc2OCCO)N2[C@H](c3ccccc3)[C@H](c3ccccc3)OC(=O)[C@H]2[C@@H]1C(=O)O. The summed E-state index contributed by atoms with van der Waals surface area (Å²) in [6, 6.07) is 26.4. The van der Waals surface area contributed by atoms with Gasteiger partial charge in [-0.25, -0.2) is 4.79 Å². The number of benzene rings is 4. The first-order valence-corrected chi connectivity index (χ1v) is 16.4. The number of esters is 1. The van der Waals surface area contributed by atoms with Crippen molar-refractivity contribution in [2.24, 2.45) is 11.7 Å². The number of cyclic esters (lactones) is 1. The number of para-hydroxylation sites is 1. The molecule has 0 aromatic heterocycles. The highest BCUT2D eigenvalue weighted by molar-refractivity contribution is 6.11. The Labute approximate surface area is 293 Å². The van der Waals surface area contributed by atoms with Crippen LogP contribution in [0.15, 0.2) is 103 Å². The van der Waals surface area contributed by atoms with Crippen LogP contribution in [0.3, 0.4) is 0 Å². The monoisotopic (exact) mass is 686 g/mol. The van der Waals surface area contributed by atoms with Gasteiger partial charge in [0, 0.05) is 16.8 Å². The number of hydrogen-bond donors (Lipinski definition) is 5. The fourth-order valence-electron chi connectivity index (χ4n) is 7.89. The molecular formula is C39H34N4O8. The molecule has 6 atom stereocenters. The number of aliphatic carboxylic acids is 1. The van der Waals surface area contributed by atoms with Gasteiger partial charge in [0.25, 0.3) is 0 Å². The number of carbonyl (C=O) groups is 4. The summed E-state index contributed by atoms with van der Waals surface area (Å²) in [7, 11) is 0. The van der Waals surface area contributed by atoms with Gasteiger partial charge in [-0.3, -0.25) is 19.3 Å². The van der Waals surface area contributed by atoms with Gasteiger partial charge in [0.05, 0.1) is 25.2 Å². The quantitative estimate of drug-likeness (QED) is 0.137. The third kappa shape index (κ3) is 5.62. The zero-order valence-electron chi connectivity index (χ0n) is 27.2. The van der Waals surface area contributed by atoms with Gasteiger partial charge in [0.15, 0.2) is 0 Å². The average Bonchev–Trinajstić information content (AvgIpc) is 3.61. The number of nitrogens with one attached hydrogen (secondary N) is 2. The Balaban J connectivity index is 1.53. The molecule has 51 heavy (non-hydrogen) atoms. The second-order valence-corrected chi connectivity index (χ2v) is 12.4. The number of primary amides is 1. The fraction of sp³-hybridized carbons (Fsp3) is 0.231. The van der Waals surface area contributed by atoms with Crippen LogP contribution < -0.4 is 21.1 Å². The molecule has 4 aromatic rings. The van der Waals surface area contributed by atoms with Crippen molar-refractivity contribution in [1.29, 1.82) is 0 Å². The van der Waals surface area contributed by atoms with E-state index in [9.17, 15) is 29.4 Å². The predicted octanol–water partition coefficient (Wildman–Crippen LogP) is 3.43. The normalized spacial score (nSPS) is 24.8. The van der Waals surface area contributed by atoms with E-state index in [0.717, 1.165) is 5.56 Å². The minimum atomic E-state index is -1.91. The number of ether oxygens (including phenoxy) is 2. The van der Waals surface area contributed by atoms with Gasteiger partial charge in [0.2, 0.25) is 5.91 Å². The molecule has 0 bridgehead atoms. The number of carboxylic acid groups (broad SMARTS) is 1. The molecule has 3 aliphatic rings. The van der Waals surface area contributed by atoms with E-state index in [2.05, 4.69) is 22.5 Å². The summed E-state index contributed by atoms with van der Waals surface area (Å²) >= 11 is 0. The van der Waals surface area contributed by atoms with Gasteiger partial charge in [0.1, 0.15) is 35.8 Å². The number of anilines is 1. The lowest BCUT2D eigenvalue weighted by molar-refractivity contribution is -0.179. The Morgan fingerprint density at radius 1 is 0.941 bits per heavy atom. The minimum Gasteiger partial charge on any atom is -0.491 e. The maximum atomic E-state index is 14.8. The molecular weight excluding hydrogens is 652 g/mol. The van der Waals surface area contributed by atoms with E-state index in [1.54, 1.807) is 42.5 Å². The summed E-state index contributed by atoms with van der Waals surface area (Å²) in [6.07, 6.45) is -0.881. The molecule has 12 nitrogen and oxygen atoms in total. The molecule has 6 N–H and O–H groups in total. The van der Waals surface area contributed by atoms with Crippen LogP contribution in [0.25, 0.3) is 0 Å². The van der Waals surface area contributed by atoms with E-state index in [1.165, 1.54) is 0 Å². The van der Waals surface area contributed by atoms with E-state index < -0.39 is 59.4 Å². The number of carbonyl (C=O) groups excluding carboxylic acids is 3. The molecule has 0 aliphatic carbocycles. The highest BCUT2D eigenvalue weighted by Crippen LogP contribution is 2.65. The summed E-state index contributed by atoms with van der Waals surface area (Å²) in [4.78, 5) is 56.1. The summed E-state index contributed by atoms with van der Waals surface area (Å²) < 4.78 is 12.3. The zero-order chi connectivity index (χ0) is 35.7. The molecule has 0 unspecified atom stereocenters. The first kappa shape index (κ1) is 33.3. The largest absolute Gasteiger partial charge is 0.491 e. The van der Waals surface area contributed by atoms with Gasteiger partial charge in [-0.15, -0.1) is 0 Å². The molecule has 3 heterocycles. The number of nitrogens with zero attached hydrogens (tertiary/aromatic N) is 1. The maximum Gasteiger partial charge on any atom is 0.325 e. The van der Waals surface area contributed by atoms with Crippen LogP contribution in [0.2, 0.25) is 0 Å².